The fraction of sp³-hybridized carbons (Fsp3) is 0.286. The van der Waals surface area contributed by atoms with Gasteiger partial charge < -0.3 is 9.30 Å². The lowest BCUT2D eigenvalue weighted by Crippen LogP contribution is -2.25. The number of amides is 1. The van der Waals surface area contributed by atoms with Crippen LogP contribution in [0.15, 0.2) is 48.9 Å². The lowest BCUT2D eigenvalue weighted by molar-refractivity contribution is -0.118. The normalized spacial score (nSPS) is 12.3. The number of carbonyl (C=O) groups excluding carboxylic acids is 1. The molecule has 30 heavy (non-hydrogen) atoms. The first-order valence-corrected chi connectivity index (χ1v) is 9.67. The van der Waals surface area contributed by atoms with Crippen molar-refractivity contribution in [1.29, 1.82) is 0 Å². The second-order valence-corrected chi connectivity index (χ2v) is 7.22. The standard InChI is InChI=1S/C21H23N7O2/c1-13(2)18-22-11-12-27(18)14(3)19(29)24-20-25-21-23-10-9-17(28(21)26-20)15-5-7-16(30-4)8-6-15/h5-14H,1-4H3,(H,24,26,29). The summed E-state index contributed by atoms with van der Waals surface area (Å²) in [6.45, 7) is 5.90. The zero-order valence-corrected chi connectivity index (χ0v) is 17.3. The highest BCUT2D eigenvalue weighted by Crippen LogP contribution is 2.23. The summed E-state index contributed by atoms with van der Waals surface area (Å²) < 4.78 is 8.68. The van der Waals surface area contributed by atoms with Crippen LogP contribution in [0.3, 0.4) is 0 Å². The van der Waals surface area contributed by atoms with Crippen LogP contribution < -0.4 is 10.1 Å². The molecule has 0 aliphatic heterocycles. The van der Waals surface area contributed by atoms with Gasteiger partial charge in [0.1, 0.15) is 17.6 Å². The van der Waals surface area contributed by atoms with Gasteiger partial charge in [0.25, 0.3) is 11.7 Å². The number of fused-ring (bicyclic) bond motifs is 1. The third-order valence-electron chi connectivity index (χ3n) is 4.87. The summed E-state index contributed by atoms with van der Waals surface area (Å²) in [4.78, 5) is 25.8. The topological polar surface area (TPSA) is 99.2 Å². The molecule has 4 rings (SSSR count). The van der Waals surface area contributed by atoms with E-state index in [-0.39, 0.29) is 17.8 Å². The van der Waals surface area contributed by atoms with Crippen molar-refractivity contribution in [3.8, 4) is 17.0 Å². The first-order valence-electron chi connectivity index (χ1n) is 9.67. The van der Waals surface area contributed by atoms with Gasteiger partial charge in [0.15, 0.2) is 0 Å². The Morgan fingerprint density at radius 2 is 1.83 bits per heavy atom. The van der Waals surface area contributed by atoms with Crippen LogP contribution in [0, 0.1) is 0 Å². The van der Waals surface area contributed by atoms with Crippen LogP contribution in [0.2, 0.25) is 0 Å². The van der Waals surface area contributed by atoms with Gasteiger partial charge in [-0.25, -0.2) is 9.97 Å². The molecule has 9 heteroatoms. The number of rotatable bonds is 6. The molecule has 0 spiro atoms. The molecule has 0 saturated carbocycles. The van der Waals surface area contributed by atoms with E-state index in [4.69, 9.17) is 4.74 Å². The average molecular weight is 405 g/mol. The number of nitrogens with one attached hydrogen (secondary N) is 1. The van der Waals surface area contributed by atoms with E-state index in [0.29, 0.717) is 5.78 Å². The van der Waals surface area contributed by atoms with Crippen LogP contribution in [0.1, 0.15) is 38.6 Å². The SMILES string of the molecule is COc1ccc(-c2ccnc3nc(NC(=O)C(C)n4ccnc4C(C)C)nn23)cc1. The van der Waals surface area contributed by atoms with Crippen molar-refractivity contribution >= 4 is 17.6 Å². The number of hydrogen-bond acceptors (Lipinski definition) is 6. The van der Waals surface area contributed by atoms with Gasteiger partial charge in [-0.05, 0) is 37.3 Å². The number of benzene rings is 1. The van der Waals surface area contributed by atoms with Crippen molar-refractivity contribution in [2.24, 2.45) is 0 Å². The van der Waals surface area contributed by atoms with Gasteiger partial charge in [0.2, 0.25) is 5.91 Å². The number of carbonyl (C=O) groups is 1. The zero-order valence-electron chi connectivity index (χ0n) is 17.3. The highest BCUT2D eigenvalue weighted by Gasteiger charge is 2.21. The van der Waals surface area contributed by atoms with Gasteiger partial charge >= 0.3 is 0 Å². The molecule has 9 nitrogen and oxygen atoms in total. The molecular formula is C21H23N7O2. The Labute approximate surface area is 173 Å². The van der Waals surface area contributed by atoms with E-state index in [1.165, 1.54) is 0 Å². The molecule has 0 bridgehead atoms. The smallest absolute Gasteiger partial charge is 0.254 e. The van der Waals surface area contributed by atoms with Gasteiger partial charge in [-0.1, -0.05) is 13.8 Å². The van der Waals surface area contributed by atoms with E-state index >= 15 is 0 Å². The Kier molecular flexibility index (Phi) is 5.18. The van der Waals surface area contributed by atoms with Crippen molar-refractivity contribution in [1.82, 2.24) is 29.1 Å². The minimum absolute atomic E-state index is 0.200. The number of nitrogens with zero attached hydrogens (tertiary/aromatic N) is 6. The van der Waals surface area contributed by atoms with Gasteiger partial charge in [-0.2, -0.15) is 9.50 Å². The molecule has 4 aromatic rings. The van der Waals surface area contributed by atoms with Crippen molar-refractivity contribution in [3.63, 3.8) is 0 Å². The van der Waals surface area contributed by atoms with Gasteiger partial charge in [0.05, 0.1) is 12.8 Å². The molecule has 0 aliphatic rings. The molecule has 1 aromatic carbocycles. The van der Waals surface area contributed by atoms with Crippen LogP contribution in [-0.2, 0) is 4.79 Å². The molecule has 0 radical (unpaired) electrons. The number of anilines is 1. The Bertz CT molecular complexity index is 1180. The number of ether oxygens (including phenoxy) is 1. The summed E-state index contributed by atoms with van der Waals surface area (Å²) >= 11 is 0. The molecule has 3 heterocycles. The zero-order chi connectivity index (χ0) is 21.3. The van der Waals surface area contributed by atoms with Crippen molar-refractivity contribution in [2.75, 3.05) is 12.4 Å². The summed E-state index contributed by atoms with van der Waals surface area (Å²) in [5.41, 5.74) is 1.74. The van der Waals surface area contributed by atoms with E-state index < -0.39 is 6.04 Å². The third-order valence-corrected chi connectivity index (χ3v) is 4.87. The lowest BCUT2D eigenvalue weighted by atomic mass is 10.1. The maximum absolute atomic E-state index is 12.8. The van der Waals surface area contributed by atoms with Gasteiger partial charge in [0, 0.05) is 30.1 Å². The Balaban J connectivity index is 1.61. The van der Waals surface area contributed by atoms with Gasteiger partial charge in [-0.3, -0.25) is 10.1 Å². The van der Waals surface area contributed by atoms with Crippen LogP contribution >= 0.6 is 0 Å². The second kappa shape index (κ2) is 7.94. The summed E-state index contributed by atoms with van der Waals surface area (Å²) in [6.07, 6.45) is 5.17. The molecule has 0 fully saturated rings. The minimum atomic E-state index is -0.453. The molecular weight excluding hydrogens is 382 g/mol. The number of methoxy groups -OCH3 is 1. The fourth-order valence-electron chi connectivity index (χ4n) is 3.27. The number of aromatic nitrogens is 6. The summed E-state index contributed by atoms with van der Waals surface area (Å²) in [5, 5.41) is 7.24. The molecule has 1 unspecified atom stereocenters. The summed E-state index contributed by atoms with van der Waals surface area (Å²) in [7, 11) is 1.63. The lowest BCUT2D eigenvalue weighted by Gasteiger charge is -2.16. The number of hydrogen-bond donors (Lipinski definition) is 1. The van der Waals surface area contributed by atoms with E-state index in [0.717, 1.165) is 22.8 Å². The van der Waals surface area contributed by atoms with Crippen molar-refractivity contribution in [3.05, 3.63) is 54.7 Å². The Morgan fingerprint density at radius 1 is 1.07 bits per heavy atom. The molecule has 0 saturated heterocycles. The van der Waals surface area contributed by atoms with Crippen molar-refractivity contribution in [2.45, 2.75) is 32.7 Å². The highest BCUT2D eigenvalue weighted by atomic mass is 16.5. The molecule has 1 atom stereocenters. The summed E-state index contributed by atoms with van der Waals surface area (Å²) in [6, 6.07) is 9.01. The average Bonchev–Trinajstić information content (AvgIpc) is 3.39. The van der Waals surface area contributed by atoms with Crippen LogP contribution in [-0.4, -0.2) is 42.2 Å². The molecule has 154 valence electrons. The molecule has 0 aliphatic carbocycles. The Morgan fingerprint density at radius 3 is 2.53 bits per heavy atom. The van der Waals surface area contributed by atoms with Crippen LogP contribution in [0.25, 0.3) is 17.0 Å². The highest BCUT2D eigenvalue weighted by molar-refractivity contribution is 5.92. The minimum Gasteiger partial charge on any atom is -0.497 e. The predicted octanol–water partition coefficient (Wildman–Crippen LogP) is 3.32. The van der Waals surface area contributed by atoms with E-state index in [1.54, 1.807) is 30.2 Å². The maximum atomic E-state index is 12.8. The first kappa shape index (κ1) is 19.6. The quantitative estimate of drug-likeness (QED) is 0.528. The number of imidazole rings is 1. The van der Waals surface area contributed by atoms with Crippen molar-refractivity contribution < 1.29 is 9.53 Å². The third kappa shape index (κ3) is 3.61. The Hall–Kier alpha value is -3.75. The monoisotopic (exact) mass is 405 g/mol. The summed E-state index contributed by atoms with van der Waals surface area (Å²) in [5.74, 6) is 2.20. The largest absolute Gasteiger partial charge is 0.497 e. The van der Waals surface area contributed by atoms with Crippen LogP contribution in [0.5, 0.6) is 5.75 Å². The van der Waals surface area contributed by atoms with Crippen LogP contribution in [0.4, 0.5) is 5.95 Å². The van der Waals surface area contributed by atoms with E-state index in [9.17, 15) is 4.79 Å². The molecule has 1 amide bonds. The maximum Gasteiger partial charge on any atom is 0.254 e. The van der Waals surface area contributed by atoms with Gasteiger partial charge in [-0.15, -0.1) is 5.10 Å². The first-order chi connectivity index (χ1) is 14.5. The molecule has 3 aromatic heterocycles. The van der Waals surface area contributed by atoms with E-state index in [2.05, 4.69) is 25.4 Å². The molecule has 1 N–H and O–H groups in total. The second-order valence-electron chi connectivity index (χ2n) is 7.22. The fourth-order valence-corrected chi connectivity index (χ4v) is 3.27. The predicted molar refractivity (Wildman–Crippen MR) is 112 cm³/mol. The van der Waals surface area contributed by atoms with E-state index in [1.807, 2.05) is 55.7 Å².